The fourth-order valence-electron chi connectivity index (χ4n) is 1.78. The number of alkyl halides is 2. The molecular weight excluding hydrogens is 254 g/mol. The molecule has 0 fully saturated rings. The summed E-state index contributed by atoms with van der Waals surface area (Å²) in [6.07, 6.45) is -0.726. The van der Waals surface area contributed by atoms with Crippen LogP contribution in [-0.4, -0.2) is 37.1 Å². The van der Waals surface area contributed by atoms with Crippen molar-refractivity contribution in [3.63, 3.8) is 0 Å². The van der Waals surface area contributed by atoms with Crippen LogP contribution in [0.4, 0.5) is 8.78 Å². The number of nitrogens with one attached hydrogen (secondary N) is 2. The summed E-state index contributed by atoms with van der Waals surface area (Å²) in [6.45, 7) is -0.346. The Balaban J connectivity index is 1.88. The number of amides is 1. The molecule has 0 spiro atoms. The Morgan fingerprint density at radius 3 is 3.00 bits per heavy atom. The van der Waals surface area contributed by atoms with Crippen LogP contribution in [0.25, 0.3) is 10.9 Å². The molecule has 19 heavy (non-hydrogen) atoms. The molecule has 2 aromatic rings. The van der Waals surface area contributed by atoms with Crippen molar-refractivity contribution in [2.24, 2.45) is 0 Å². The van der Waals surface area contributed by atoms with E-state index in [2.05, 4.69) is 15.0 Å². The molecule has 1 heterocycles. The number of rotatable bonds is 6. The lowest BCUT2D eigenvalue weighted by Gasteiger charge is -2.07. The van der Waals surface area contributed by atoms with E-state index in [1.54, 1.807) is 18.3 Å². The maximum absolute atomic E-state index is 11.9. The summed E-state index contributed by atoms with van der Waals surface area (Å²) in [5.41, 5.74) is 1.28. The highest BCUT2D eigenvalue weighted by molar-refractivity contribution is 6.05. The van der Waals surface area contributed by atoms with Gasteiger partial charge >= 0.3 is 0 Å². The van der Waals surface area contributed by atoms with E-state index < -0.39 is 13.0 Å². The molecule has 0 bridgehead atoms. The van der Waals surface area contributed by atoms with E-state index >= 15 is 0 Å². The lowest BCUT2D eigenvalue weighted by Crippen LogP contribution is -2.28. The van der Waals surface area contributed by atoms with Crippen molar-refractivity contribution in [1.82, 2.24) is 10.3 Å². The smallest absolute Gasteiger partial charge is 0.261 e. The number of ether oxygens (including phenoxy) is 1. The summed E-state index contributed by atoms with van der Waals surface area (Å²) in [4.78, 5) is 14.9. The van der Waals surface area contributed by atoms with E-state index in [0.29, 0.717) is 5.56 Å². The van der Waals surface area contributed by atoms with Gasteiger partial charge in [-0.1, -0.05) is 12.1 Å². The van der Waals surface area contributed by atoms with Gasteiger partial charge < -0.3 is 15.0 Å². The topological polar surface area (TPSA) is 54.1 Å². The number of hydrogen-bond donors (Lipinski definition) is 2. The Labute approximate surface area is 108 Å². The molecule has 102 valence electrons. The fourth-order valence-corrected chi connectivity index (χ4v) is 1.78. The molecule has 0 radical (unpaired) electrons. The van der Waals surface area contributed by atoms with Gasteiger partial charge in [0.2, 0.25) is 0 Å². The first kappa shape index (κ1) is 13.5. The first-order valence-electron chi connectivity index (χ1n) is 5.88. The maximum Gasteiger partial charge on any atom is 0.261 e. The van der Waals surface area contributed by atoms with Gasteiger partial charge in [0.1, 0.15) is 6.61 Å². The third-order valence-electron chi connectivity index (χ3n) is 2.61. The second kappa shape index (κ2) is 6.29. The van der Waals surface area contributed by atoms with Crippen LogP contribution in [0.1, 0.15) is 10.4 Å². The van der Waals surface area contributed by atoms with Crippen LogP contribution in [0.3, 0.4) is 0 Å². The average Bonchev–Trinajstić information content (AvgIpc) is 2.85. The first-order valence-corrected chi connectivity index (χ1v) is 5.88. The second-order valence-electron chi connectivity index (χ2n) is 3.97. The third kappa shape index (κ3) is 3.51. The molecule has 0 atom stereocenters. The lowest BCUT2D eigenvalue weighted by atomic mass is 10.1. The van der Waals surface area contributed by atoms with E-state index in [1.807, 2.05) is 12.1 Å². The molecular formula is C13H14F2N2O2. The van der Waals surface area contributed by atoms with Crippen LogP contribution in [0, 0.1) is 0 Å². The maximum atomic E-state index is 11.9. The zero-order chi connectivity index (χ0) is 13.7. The zero-order valence-corrected chi connectivity index (χ0v) is 10.2. The number of hydrogen-bond acceptors (Lipinski definition) is 2. The molecule has 4 nitrogen and oxygen atoms in total. The highest BCUT2D eigenvalue weighted by atomic mass is 19.3. The Hall–Kier alpha value is -1.95. The highest BCUT2D eigenvalue weighted by Crippen LogP contribution is 2.16. The first-order chi connectivity index (χ1) is 9.18. The number of carbonyl (C=O) groups is 1. The van der Waals surface area contributed by atoms with Gasteiger partial charge in [0.15, 0.2) is 0 Å². The largest absolute Gasteiger partial charge is 0.374 e. The highest BCUT2D eigenvalue weighted by Gasteiger charge is 2.10. The van der Waals surface area contributed by atoms with E-state index in [0.717, 1.165) is 10.9 Å². The minimum absolute atomic E-state index is 0.0663. The number of fused-ring (bicyclic) bond motifs is 1. The van der Waals surface area contributed by atoms with Crippen LogP contribution in [0.15, 0.2) is 30.5 Å². The van der Waals surface area contributed by atoms with Gasteiger partial charge in [-0.2, -0.15) is 0 Å². The van der Waals surface area contributed by atoms with Gasteiger partial charge in [-0.05, 0) is 12.1 Å². The number of benzene rings is 1. The summed E-state index contributed by atoms with van der Waals surface area (Å²) in [7, 11) is 0. The molecule has 0 unspecified atom stereocenters. The van der Waals surface area contributed by atoms with Gasteiger partial charge in [-0.15, -0.1) is 0 Å². The van der Waals surface area contributed by atoms with Gasteiger partial charge in [0.25, 0.3) is 12.3 Å². The zero-order valence-electron chi connectivity index (χ0n) is 10.2. The van der Waals surface area contributed by atoms with Crippen LogP contribution in [0.5, 0.6) is 0 Å². The minimum atomic E-state index is -2.48. The molecule has 1 aromatic carbocycles. The number of aromatic nitrogens is 1. The van der Waals surface area contributed by atoms with Crippen molar-refractivity contribution < 1.29 is 18.3 Å². The van der Waals surface area contributed by atoms with Crippen molar-refractivity contribution in [3.8, 4) is 0 Å². The van der Waals surface area contributed by atoms with Crippen molar-refractivity contribution in [3.05, 3.63) is 36.0 Å². The van der Waals surface area contributed by atoms with Crippen molar-refractivity contribution >= 4 is 16.8 Å². The monoisotopic (exact) mass is 268 g/mol. The summed E-state index contributed by atoms with van der Waals surface area (Å²) in [6, 6.07) is 7.26. The standard InChI is InChI=1S/C13H14F2N2O2/c14-11(15)8-19-7-6-17-13(18)10-3-1-2-9-4-5-16-12(9)10/h1-5,11,16H,6-8H2,(H,17,18). The second-order valence-corrected chi connectivity index (χ2v) is 3.97. The van der Waals surface area contributed by atoms with Gasteiger partial charge in [-0.3, -0.25) is 4.79 Å². The Morgan fingerprint density at radius 2 is 2.21 bits per heavy atom. The van der Waals surface area contributed by atoms with E-state index in [1.165, 1.54) is 0 Å². The van der Waals surface area contributed by atoms with Crippen LogP contribution < -0.4 is 5.32 Å². The fraction of sp³-hybridized carbons (Fsp3) is 0.308. The molecule has 2 rings (SSSR count). The van der Waals surface area contributed by atoms with Gasteiger partial charge in [0.05, 0.1) is 17.7 Å². The minimum Gasteiger partial charge on any atom is -0.374 e. The Kier molecular flexibility index (Phi) is 4.46. The molecule has 0 aliphatic rings. The molecule has 0 aliphatic heterocycles. The van der Waals surface area contributed by atoms with Crippen LogP contribution >= 0.6 is 0 Å². The number of carbonyl (C=O) groups excluding carboxylic acids is 1. The Morgan fingerprint density at radius 1 is 1.37 bits per heavy atom. The number of halogens is 2. The molecule has 6 heteroatoms. The molecule has 0 saturated heterocycles. The molecule has 0 saturated carbocycles. The summed E-state index contributed by atoms with van der Waals surface area (Å²) in [5.74, 6) is -0.256. The number of H-pyrrole nitrogens is 1. The van der Waals surface area contributed by atoms with E-state index in [-0.39, 0.29) is 19.1 Å². The van der Waals surface area contributed by atoms with Gasteiger partial charge in [-0.25, -0.2) is 8.78 Å². The SMILES string of the molecule is O=C(NCCOCC(F)F)c1cccc2cc[nH]c12. The van der Waals surface area contributed by atoms with E-state index in [4.69, 9.17) is 0 Å². The summed E-state index contributed by atoms with van der Waals surface area (Å²) < 4.78 is 28.3. The van der Waals surface area contributed by atoms with Crippen molar-refractivity contribution in [2.75, 3.05) is 19.8 Å². The van der Waals surface area contributed by atoms with Crippen molar-refractivity contribution in [2.45, 2.75) is 6.43 Å². The quantitative estimate of drug-likeness (QED) is 0.789. The molecule has 0 aliphatic carbocycles. The molecule has 2 N–H and O–H groups in total. The number of para-hydroxylation sites is 1. The van der Waals surface area contributed by atoms with Gasteiger partial charge in [0, 0.05) is 18.1 Å². The predicted molar refractivity (Wildman–Crippen MR) is 67.5 cm³/mol. The van der Waals surface area contributed by atoms with Crippen LogP contribution in [-0.2, 0) is 4.74 Å². The van der Waals surface area contributed by atoms with Crippen molar-refractivity contribution in [1.29, 1.82) is 0 Å². The molecule has 1 aromatic heterocycles. The van der Waals surface area contributed by atoms with E-state index in [9.17, 15) is 13.6 Å². The Bertz CT molecular complexity index is 554. The number of aromatic amines is 1. The third-order valence-corrected chi connectivity index (χ3v) is 2.61. The summed E-state index contributed by atoms with van der Waals surface area (Å²) >= 11 is 0. The molecule has 1 amide bonds. The normalized spacial score (nSPS) is 11.1. The lowest BCUT2D eigenvalue weighted by molar-refractivity contribution is 0.0188. The predicted octanol–water partition coefficient (Wildman–Crippen LogP) is 2.18. The summed E-state index contributed by atoms with van der Waals surface area (Å²) in [5, 5.41) is 3.57. The average molecular weight is 268 g/mol. The van der Waals surface area contributed by atoms with Crippen LogP contribution in [0.2, 0.25) is 0 Å².